The Balaban J connectivity index is 2.60. The maximum absolute atomic E-state index is 11.5. The summed E-state index contributed by atoms with van der Waals surface area (Å²) in [4.78, 5) is 11.5. The molecular weight excluding hydrogens is 192 g/mol. The summed E-state index contributed by atoms with van der Waals surface area (Å²) in [6, 6.07) is 6.90. The highest BCUT2D eigenvalue weighted by molar-refractivity contribution is 5.60. The molecule has 0 saturated carbocycles. The van der Waals surface area contributed by atoms with Crippen LogP contribution < -0.4 is 11.3 Å². The second-order valence-electron chi connectivity index (χ2n) is 3.48. The van der Waals surface area contributed by atoms with Crippen molar-refractivity contribution < 1.29 is 4.42 Å². The topological polar surface area (TPSA) is 61.2 Å². The second-order valence-corrected chi connectivity index (χ2v) is 3.48. The van der Waals surface area contributed by atoms with Crippen molar-refractivity contribution in [3.63, 3.8) is 0 Å². The van der Waals surface area contributed by atoms with Crippen LogP contribution in [0.4, 0.5) is 5.82 Å². The molecule has 0 aliphatic rings. The van der Waals surface area contributed by atoms with Crippen LogP contribution in [0.3, 0.4) is 0 Å². The number of aromatic nitrogens is 1. The van der Waals surface area contributed by atoms with Crippen molar-refractivity contribution >= 4 is 5.82 Å². The van der Waals surface area contributed by atoms with Crippen LogP contribution in [0.5, 0.6) is 0 Å². The summed E-state index contributed by atoms with van der Waals surface area (Å²) in [5.74, 6) is 1.90. The van der Waals surface area contributed by atoms with Crippen molar-refractivity contribution in [1.29, 1.82) is 0 Å². The Labute approximate surface area is 86.9 Å². The van der Waals surface area contributed by atoms with E-state index in [9.17, 15) is 4.79 Å². The average molecular weight is 204 g/mol. The molecule has 0 aliphatic heterocycles. The van der Waals surface area contributed by atoms with Crippen molar-refractivity contribution in [2.45, 2.75) is 6.92 Å². The summed E-state index contributed by atoms with van der Waals surface area (Å²) < 4.78 is 6.80. The number of pyridine rings is 1. The van der Waals surface area contributed by atoms with Crippen LogP contribution in [0, 0.1) is 6.92 Å². The lowest BCUT2D eigenvalue weighted by molar-refractivity contribution is 0.548. The molecule has 4 heteroatoms. The Morgan fingerprint density at radius 1 is 1.33 bits per heavy atom. The minimum absolute atomic E-state index is 0.140. The molecule has 0 radical (unpaired) electrons. The van der Waals surface area contributed by atoms with Gasteiger partial charge in [0.25, 0.3) is 5.56 Å². The molecular formula is C11H12N2O2. The SMILES string of the molecule is Cc1ccc(-c2cc(N)n(C)c(=O)c2)o1. The van der Waals surface area contributed by atoms with E-state index in [4.69, 9.17) is 10.2 Å². The third-order valence-corrected chi connectivity index (χ3v) is 2.33. The van der Waals surface area contributed by atoms with Crippen molar-refractivity contribution in [3.05, 3.63) is 40.4 Å². The lowest BCUT2D eigenvalue weighted by Gasteiger charge is -2.04. The quantitative estimate of drug-likeness (QED) is 0.766. The van der Waals surface area contributed by atoms with Gasteiger partial charge in [0, 0.05) is 18.7 Å². The van der Waals surface area contributed by atoms with Crippen LogP contribution in [-0.2, 0) is 7.05 Å². The second kappa shape index (κ2) is 3.31. The minimum atomic E-state index is -0.140. The predicted octanol–water partition coefficient (Wildman–Crippen LogP) is 1.54. The van der Waals surface area contributed by atoms with Crippen molar-refractivity contribution in [2.24, 2.45) is 7.05 Å². The molecule has 0 atom stereocenters. The number of nitrogens with zero attached hydrogens (tertiary/aromatic N) is 1. The summed E-state index contributed by atoms with van der Waals surface area (Å²) in [5.41, 5.74) is 6.26. The Hall–Kier alpha value is -1.97. The molecule has 78 valence electrons. The Morgan fingerprint density at radius 2 is 2.07 bits per heavy atom. The van der Waals surface area contributed by atoms with E-state index in [1.54, 1.807) is 13.1 Å². The standard InChI is InChI=1S/C11H12N2O2/c1-7-3-4-9(15-7)8-5-10(12)13(2)11(14)6-8/h3-6H,12H2,1-2H3. The molecule has 2 rings (SSSR count). The molecule has 15 heavy (non-hydrogen) atoms. The fourth-order valence-electron chi connectivity index (χ4n) is 1.39. The van der Waals surface area contributed by atoms with Gasteiger partial charge in [0.1, 0.15) is 17.3 Å². The van der Waals surface area contributed by atoms with Gasteiger partial charge < -0.3 is 10.2 Å². The van der Waals surface area contributed by atoms with Crippen LogP contribution in [0.2, 0.25) is 0 Å². The monoisotopic (exact) mass is 204 g/mol. The maximum Gasteiger partial charge on any atom is 0.252 e. The van der Waals surface area contributed by atoms with Gasteiger partial charge in [-0.3, -0.25) is 9.36 Å². The molecule has 2 aromatic heterocycles. The molecule has 4 nitrogen and oxygen atoms in total. The zero-order chi connectivity index (χ0) is 11.0. The molecule has 0 spiro atoms. The lowest BCUT2D eigenvalue weighted by Crippen LogP contribution is -2.18. The van der Waals surface area contributed by atoms with E-state index < -0.39 is 0 Å². The highest BCUT2D eigenvalue weighted by atomic mass is 16.3. The molecule has 2 heterocycles. The number of nitrogen functional groups attached to an aromatic ring is 1. The zero-order valence-corrected chi connectivity index (χ0v) is 8.65. The third-order valence-electron chi connectivity index (χ3n) is 2.33. The van der Waals surface area contributed by atoms with Crippen LogP contribution in [0.15, 0.2) is 33.5 Å². The van der Waals surface area contributed by atoms with Gasteiger partial charge in [-0.2, -0.15) is 0 Å². The number of hydrogen-bond donors (Lipinski definition) is 1. The van der Waals surface area contributed by atoms with E-state index in [2.05, 4.69) is 0 Å². The summed E-state index contributed by atoms with van der Waals surface area (Å²) >= 11 is 0. The predicted molar refractivity (Wildman–Crippen MR) is 58.5 cm³/mol. The first kappa shape index (κ1) is 9.58. The Morgan fingerprint density at radius 3 is 2.60 bits per heavy atom. The summed E-state index contributed by atoms with van der Waals surface area (Å²) in [7, 11) is 1.63. The first-order valence-corrected chi connectivity index (χ1v) is 4.61. The van der Waals surface area contributed by atoms with Gasteiger partial charge >= 0.3 is 0 Å². The molecule has 0 unspecified atom stereocenters. The normalized spacial score (nSPS) is 10.5. The van der Waals surface area contributed by atoms with Crippen LogP contribution in [-0.4, -0.2) is 4.57 Å². The summed E-state index contributed by atoms with van der Waals surface area (Å²) in [5, 5.41) is 0. The van der Waals surface area contributed by atoms with Gasteiger partial charge in [0.15, 0.2) is 0 Å². The van der Waals surface area contributed by atoms with Crippen molar-refractivity contribution in [2.75, 3.05) is 5.73 Å². The largest absolute Gasteiger partial charge is 0.461 e. The number of nitrogens with two attached hydrogens (primary N) is 1. The van der Waals surface area contributed by atoms with Gasteiger partial charge in [-0.25, -0.2) is 0 Å². The number of hydrogen-bond acceptors (Lipinski definition) is 3. The third kappa shape index (κ3) is 1.66. The van der Waals surface area contributed by atoms with Gasteiger partial charge in [-0.05, 0) is 25.1 Å². The molecule has 0 aliphatic carbocycles. The molecule has 0 fully saturated rings. The van der Waals surface area contributed by atoms with Gasteiger partial charge in [0.05, 0.1) is 0 Å². The highest BCUT2D eigenvalue weighted by Gasteiger charge is 2.06. The van der Waals surface area contributed by atoms with E-state index >= 15 is 0 Å². The summed E-state index contributed by atoms with van der Waals surface area (Å²) in [6.45, 7) is 1.86. The fraction of sp³-hybridized carbons (Fsp3) is 0.182. The number of anilines is 1. The smallest absolute Gasteiger partial charge is 0.252 e. The molecule has 0 amide bonds. The first-order valence-electron chi connectivity index (χ1n) is 4.61. The van der Waals surface area contributed by atoms with Crippen molar-refractivity contribution in [1.82, 2.24) is 4.57 Å². The number of aryl methyl sites for hydroxylation is 1. The minimum Gasteiger partial charge on any atom is -0.461 e. The fourth-order valence-corrected chi connectivity index (χ4v) is 1.39. The van der Waals surface area contributed by atoms with Crippen LogP contribution in [0.1, 0.15) is 5.76 Å². The molecule has 0 aromatic carbocycles. The number of rotatable bonds is 1. The molecule has 0 saturated heterocycles. The van der Waals surface area contributed by atoms with E-state index in [0.717, 1.165) is 5.76 Å². The Kier molecular flexibility index (Phi) is 2.11. The number of furan rings is 1. The van der Waals surface area contributed by atoms with E-state index in [-0.39, 0.29) is 5.56 Å². The lowest BCUT2D eigenvalue weighted by atomic mass is 10.2. The van der Waals surface area contributed by atoms with Crippen molar-refractivity contribution in [3.8, 4) is 11.3 Å². The summed E-state index contributed by atoms with van der Waals surface area (Å²) in [6.07, 6.45) is 0. The van der Waals surface area contributed by atoms with E-state index in [0.29, 0.717) is 17.1 Å². The van der Waals surface area contributed by atoms with Crippen LogP contribution >= 0.6 is 0 Å². The molecule has 2 N–H and O–H groups in total. The van der Waals surface area contributed by atoms with E-state index in [1.807, 2.05) is 19.1 Å². The maximum atomic E-state index is 11.5. The molecule has 0 bridgehead atoms. The van der Waals surface area contributed by atoms with E-state index in [1.165, 1.54) is 10.6 Å². The molecule has 2 aromatic rings. The Bertz CT molecular complexity index is 552. The zero-order valence-electron chi connectivity index (χ0n) is 8.65. The average Bonchev–Trinajstić information content (AvgIpc) is 2.60. The van der Waals surface area contributed by atoms with Gasteiger partial charge in [0.2, 0.25) is 0 Å². The van der Waals surface area contributed by atoms with Gasteiger partial charge in [-0.15, -0.1) is 0 Å². The highest BCUT2D eigenvalue weighted by Crippen LogP contribution is 2.21. The van der Waals surface area contributed by atoms with Gasteiger partial charge in [-0.1, -0.05) is 0 Å². The first-order chi connectivity index (χ1) is 7.08. The van der Waals surface area contributed by atoms with Crippen LogP contribution in [0.25, 0.3) is 11.3 Å².